The molecule has 8 heteroatoms. The van der Waals surface area contributed by atoms with E-state index >= 15 is 0 Å². The third kappa shape index (κ3) is 3.55. The lowest BCUT2D eigenvalue weighted by atomic mass is 9.95. The zero-order valence-electron chi connectivity index (χ0n) is 13.9. The molecule has 0 aromatic heterocycles. The van der Waals surface area contributed by atoms with Gasteiger partial charge in [0.2, 0.25) is 5.91 Å². The standard InChI is InChI=1S/C19H14F4N2O2/c1-2-17(26)24-15-10-13-14(20)4-3-5-16(13)25(18(15)27)12-8-6-11(7-9-12)19(21,22)23/h2-9,15H,1,10H2,(H,24,26). The lowest BCUT2D eigenvalue weighted by Gasteiger charge is -2.34. The highest BCUT2D eigenvalue weighted by Crippen LogP contribution is 2.37. The fourth-order valence-corrected chi connectivity index (χ4v) is 2.93. The molecule has 3 rings (SSSR count). The van der Waals surface area contributed by atoms with Gasteiger partial charge >= 0.3 is 6.18 Å². The van der Waals surface area contributed by atoms with Crippen molar-refractivity contribution in [2.24, 2.45) is 0 Å². The minimum Gasteiger partial charge on any atom is -0.340 e. The van der Waals surface area contributed by atoms with E-state index in [-0.39, 0.29) is 23.4 Å². The van der Waals surface area contributed by atoms with Gasteiger partial charge in [0.1, 0.15) is 11.9 Å². The normalized spacial score (nSPS) is 16.7. The molecule has 0 spiro atoms. The summed E-state index contributed by atoms with van der Waals surface area (Å²) < 4.78 is 52.6. The number of carbonyl (C=O) groups is 2. The van der Waals surface area contributed by atoms with Crippen LogP contribution >= 0.6 is 0 Å². The molecule has 0 saturated carbocycles. The minimum absolute atomic E-state index is 0.0719. The van der Waals surface area contributed by atoms with Gasteiger partial charge in [0.25, 0.3) is 5.91 Å². The van der Waals surface area contributed by atoms with Crippen LogP contribution in [0.5, 0.6) is 0 Å². The van der Waals surface area contributed by atoms with Crippen LogP contribution in [0.15, 0.2) is 55.1 Å². The number of alkyl halides is 3. The molecule has 1 atom stereocenters. The van der Waals surface area contributed by atoms with Gasteiger partial charge in [-0.2, -0.15) is 13.2 Å². The number of anilines is 2. The molecular weight excluding hydrogens is 364 g/mol. The van der Waals surface area contributed by atoms with Crippen LogP contribution in [0, 0.1) is 5.82 Å². The van der Waals surface area contributed by atoms with Crippen LogP contribution in [0.4, 0.5) is 28.9 Å². The Balaban J connectivity index is 2.06. The van der Waals surface area contributed by atoms with E-state index < -0.39 is 35.4 Å². The molecule has 2 aromatic carbocycles. The number of hydrogen-bond acceptors (Lipinski definition) is 2. The molecule has 0 bridgehead atoms. The highest BCUT2D eigenvalue weighted by atomic mass is 19.4. The Morgan fingerprint density at radius 1 is 1.19 bits per heavy atom. The summed E-state index contributed by atoms with van der Waals surface area (Å²) in [5, 5.41) is 2.43. The van der Waals surface area contributed by atoms with Gasteiger partial charge < -0.3 is 5.32 Å². The van der Waals surface area contributed by atoms with Gasteiger partial charge in [-0.05, 0) is 42.5 Å². The second kappa shape index (κ2) is 6.86. The van der Waals surface area contributed by atoms with Crippen molar-refractivity contribution in [3.05, 3.63) is 72.1 Å². The molecule has 1 heterocycles. The first-order valence-corrected chi connectivity index (χ1v) is 7.94. The lowest BCUT2D eigenvalue weighted by Crippen LogP contribution is -2.51. The molecule has 1 N–H and O–H groups in total. The maximum absolute atomic E-state index is 14.3. The first-order chi connectivity index (χ1) is 12.7. The molecule has 0 saturated heterocycles. The lowest BCUT2D eigenvalue weighted by molar-refractivity contribution is -0.137. The SMILES string of the molecule is C=CC(=O)NC1Cc2c(F)cccc2N(c2ccc(C(F)(F)F)cc2)C1=O. The fraction of sp³-hybridized carbons (Fsp3) is 0.158. The van der Waals surface area contributed by atoms with Gasteiger partial charge in [-0.15, -0.1) is 0 Å². The molecule has 4 nitrogen and oxygen atoms in total. The number of amides is 2. The molecule has 140 valence electrons. The summed E-state index contributed by atoms with van der Waals surface area (Å²) in [5.74, 6) is -1.77. The van der Waals surface area contributed by atoms with Crippen LogP contribution in [-0.4, -0.2) is 17.9 Å². The number of benzene rings is 2. The predicted molar refractivity (Wildman–Crippen MR) is 90.8 cm³/mol. The maximum atomic E-state index is 14.3. The Hall–Kier alpha value is -3.16. The molecule has 0 radical (unpaired) electrons. The largest absolute Gasteiger partial charge is 0.416 e. The number of hydrogen-bond donors (Lipinski definition) is 1. The first-order valence-electron chi connectivity index (χ1n) is 7.94. The third-order valence-corrected chi connectivity index (χ3v) is 4.22. The Morgan fingerprint density at radius 3 is 2.44 bits per heavy atom. The quantitative estimate of drug-likeness (QED) is 0.654. The van der Waals surface area contributed by atoms with Crippen molar-refractivity contribution < 1.29 is 27.2 Å². The molecular formula is C19H14F4N2O2. The number of nitrogens with one attached hydrogen (secondary N) is 1. The summed E-state index contributed by atoms with van der Waals surface area (Å²) in [6, 6.07) is 7.00. The molecule has 0 aliphatic carbocycles. The highest BCUT2D eigenvalue weighted by Gasteiger charge is 2.36. The van der Waals surface area contributed by atoms with Gasteiger partial charge in [-0.1, -0.05) is 12.6 Å². The molecule has 1 aliphatic rings. The highest BCUT2D eigenvalue weighted by molar-refractivity contribution is 6.08. The van der Waals surface area contributed by atoms with Crippen molar-refractivity contribution in [2.75, 3.05) is 4.90 Å². The minimum atomic E-state index is -4.52. The van der Waals surface area contributed by atoms with Crippen LogP contribution in [0.25, 0.3) is 0 Å². The molecule has 27 heavy (non-hydrogen) atoms. The second-order valence-electron chi connectivity index (χ2n) is 5.93. The van der Waals surface area contributed by atoms with Crippen molar-refractivity contribution in [3.8, 4) is 0 Å². The van der Waals surface area contributed by atoms with E-state index in [9.17, 15) is 27.2 Å². The molecule has 2 amide bonds. The second-order valence-corrected chi connectivity index (χ2v) is 5.93. The smallest absolute Gasteiger partial charge is 0.340 e. The van der Waals surface area contributed by atoms with E-state index in [4.69, 9.17) is 0 Å². The number of nitrogens with zero attached hydrogens (tertiary/aromatic N) is 1. The molecule has 2 aromatic rings. The third-order valence-electron chi connectivity index (χ3n) is 4.22. The van der Waals surface area contributed by atoms with E-state index in [2.05, 4.69) is 11.9 Å². The summed E-state index contributed by atoms with van der Waals surface area (Å²) >= 11 is 0. The number of halogens is 4. The van der Waals surface area contributed by atoms with Crippen LogP contribution in [0.3, 0.4) is 0 Å². The average molecular weight is 378 g/mol. The Kier molecular flexibility index (Phi) is 4.73. The van der Waals surface area contributed by atoms with E-state index in [1.54, 1.807) is 0 Å². The van der Waals surface area contributed by atoms with Crippen LogP contribution in [-0.2, 0) is 22.2 Å². The Morgan fingerprint density at radius 2 is 1.85 bits per heavy atom. The van der Waals surface area contributed by atoms with E-state index in [1.807, 2.05) is 0 Å². The van der Waals surface area contributed by atoms with Crippen LogP contribution in [0.1, 0.15) is 11.1 Å². The number of carbonyl (C=O) groups excluding carboxylic acids is 2. The predicted octanol–water partition coefficient (Wildman–Crippen LogP) is 3.74. The maximum Gasteiger partial charge on any atom is 0.416 e. The van der Waals surface area contributed by atoms with E-state index in [1.165, 1.54) is 18.2 Å². The van der Waals surface area contributed by atoms with Gasteiger partial charge in [-0.25, -0.2) is 4.39 Å². The molecule has 1 unspecified atom stereocenters. The van der Waals surface area contributed by atoms with Crippen molar-refractivity contribution >= 4 is 23.2 Å². The van der Waals surface area contributed by atoms with Crippen molar-refractivity contribution in [2.45, 2.75) is 18.6 Å². The van der Waals surface area contributed by atoms with Crippen molar-refractivity contribution in [1.29, 1.82) is 0 Å². The van der Waals surface area contributed by atoms with Gasteiger partial charge in [0, 0.05) is 17.7 Å². The Labute approximate surface area is 152 Å². The van der Waals surface area contributed by atoms with Gasteiger partial charge in [0.15, 0.2) is 0 Å². The van der Waals surface area contributed by atoms with Crippen LogP contribution in [0.2, 0.25) is 0 Å². The van der Waals surface area contributed by atoms with E-state index in [0.717, 1.165) is 35.2 Å². The summed E-state index contributed by atoms with van der Waals surface area (Å²) in [4.78, 5) is 25.6. The summed E-state index contributed by atoms with van der Waals surface area (Å²) in [6.45, 7) is 3.31. The summed E-state index contributed by atoms with van der Waals surface area (Å²) in [5.41, 5.74) is -0.320. The van der Waals surface area contributed by atoms with Gasteiger partial charge in [-0.3, -0.25) is 14.5 Å². The zero-order chi connectivity index (χ0) is 19.8. The molecule has 1 aliphatic heterocycles. The number of fused-ring (bicyclic) bond motifs is 1. The van der Waals surface area contributed by atoms with Crippen molar-refractivity contribution in [3.63, 3.8) is 0 Å². The zero-order valence-corrected chi connectivity index (χ0v) is 13.9. The topological polar surface area (TPSA) is 49.4 Å². The monoisotopic (exact) mass is 378 g/mol. The van der Waals surface area contributed by atoms with Gasteiger partial charge in [0.05, 0.1) is 11.3 Å². The van der Waals surface area contributed by atoms with Crippen LogP contribution < -0.4 is 10.2 Å². The first kappa shape index (κ1) is 18.6. The average Bonchev–Trinajstić information content (AvgIpc) is 2.62. The van der Waals surface area contributed by atoms with E-state index in [0.29, 0.717) is 0 Å². The number of rotatable bonds is 3. The summed E-state index contributed by atoms with van der Waals surface area (Å²) in [7, 11) is 0. The Bertz CT molecular complexity index is 907. The van der Waals surface area contributed by atoms with Crippen molar-refractivity contribution in [1.82, 2.24) is 5.32 Å². The fourth-order valence-electron chi connectivity index (χ4n) is 2.93. The molecule has 0 fully saturated rings. The summed E-state index contributed by atoms with van der Waals surface area (Å²) in [6.07, 6.45) is -3.61.